The summed E-state index contributed by atoms with van der Waals surface area (Å²) in [6.07, 6.45) is 1.51. The van der Waals surface area contributed by atoms with E-state index in [9.17, 15) is 23.6 Å². The first kappa shape index (κ1) is 37.7. The molecule has 266 valence electrons. The fourth-order valence-corrected chi connectivity index (χ4v) is 6.31. The largest absolute Gasteiger partial charge is 0.492 e. The Bertz CT molecular complexity index is 1820. The van der Waals surface area contributed by atoms with Crippen LogP contribution in [0.2, 0.25) is 0 Å². The van der Waals surface area contributed by atoms with Crippen molar-refractivity contribution in [1.82, 2.24) is 4.90 Å². The normalized spacial score (nSPS) is 13.2. The average Bonchev–Trinajstić information content (AvgIpc) is 3.41. The number of rotatable bonds is 13. The van der Waals surface area contributed by atoms with Gasteiger partial charge in [0.2, 0.25) is 5.75 Å². The van der Waals surface area contributed by atoms with Crippen molar-refractivity contribution >= 4 is 45.3 Å². The monoisotopic (exact) mass is 715 g/mol. The molecule has 0 atom stereocenters. The molecular formula is C35H35F2NO11S. The summed E-state index contributed by atoms with van der Waals surface area (Å²) in [7, 11) is 0. The molecule has 12 nitrogen and oxygen atoms in total. The molecule has 1 aromatic heterocycles. The molecule has 50 heavy (non-hydrogen) atoms. The number of piperidine rings is 1. The van der Waals surface area contributed by atoms with Crippen molar-refractivity contribution in [1.29, 1.82) is 0 Å². The van der Waals surface area contributed by atoms with Gasteiger partial charge in [0.15, 0.2) is 23.0 Å². The molecule has 0 bridgehead atoms. The molecule has 2 heterocycles. The summed E-state index contributed by atoms with van der Waals surface area (Å²) in [5, 5.41) is 34.6. The van der Waals surface area contributed by atoms with Gasteiger partial charge in [0.1, 0.15) is 18.1 Å². The van der Waals surface area contributed by atoms with Gasteiger partial charge in [0.05, 0.1) is 17.7 Å². The maximum Gasteiger partial charge on any atom is 0.336 e. The van der Waals surface area contributed by atoms with Gasteiger partial charge in [-0.25, -0.2) is 13.6 Å². The summed E-state index contributed by atoms with van der Waals surface area (Å²) in [5.74, 6) is -6.71. The number of aliphatic hydroxyl groups is 1. The maximum atomic E-state index is 15.3. The number of fused-ring (bicyclic) bond motifs is 1. The molecule has 1 saturated heterocycles. The van der Waals surface area contributed by atoms with Crippen LogP contribution in [0.15, 0.2) is 60.7 Å². The maximum absolute atomic E-state index is 15.3. The van der Waals surface area contributed by atoms with Gasteiger partial charge in [-0.05, 0) is 74.5 Å². The lowest BCUT2D eigenvalue weighted by Gasteiger charge is -2.26. The van der Waals surface area contributed by atoms with E-state index in [1.165, 1.54) is 36.7 Å². The average molecular weight is 716 g/mol. The Morgan fingerprint density at radius 3 is 2.06 bits per heavy atom. The molecule has 5 rings (SSSR count). The summed E-state index contributed by atoms with van der Waals surface area (Å²) in [5.41, 5.74) is -2.65. The van der Waals surface area contributed by atoms with E-state index in [0.717, 1.165) is 48.5 Å². The molecule has 3 aromatic carbocycles. The van der Waals surface area contributed by atoms with E-state index in [0.29, 0.717) is 23.0 Å². The van der Waals surface area contributed by atoms with Crippen LogP contribution in [0.5, 0.6) is 23.0 Å². The van der Waals surface area contributed by atoms with Crippen molar-refractivity contribution in [3.8, 4) is 33.4 Å². The quantitative estimate of drug-likeness (QED) is 0.0914. The van der Waals surface area contributed by atoms with Gasteiger partial charge < -0.3 is 34.6 Å². The standard InChI is InChI=1S/C29H27F2NO4S.C6H8O7/c1-19(33)35-28-24(30)14-13-23(26(28)31)29-27(22-7-3-4-8-25(22)37-29)36-21-11-9-20(10-12-21)34-18-17-32-15-5-2-6-16-32;7-3(8)1-6(13,5(11)12)2-4(9)10/h3-4,7-14H,2,5-6,15-18H2,1H3;13H,1-2H2,(H,7,8)(H,9,10)(H,11,12). The number of likely N-dealkylation sites (tertiary alicyclic amines) is 1. The Labute approximate surface area is 289 Å². The van der Waals surface area contributed by atoms with Crippen LogP contribution >= 0.6 is 11.3 Å². The van der Waals surface area contributed by atoms with E-state index in [4.69, 9.17) is 34.6 Å². The number of halogens is 2. The van der Waals surface area contributed by atoms with Crippen molar-refractivity contribution in [2.45, 2.75) is 44.6 Å². The van der Waals surface area contributed by atoms with Gasteiger partial charge in [0, 0.05) is 29.1 Å². The third-order valence-electron chi connectivity index (χ3n) is 7.54. The van der Waals surface area contributed by atoms with E-state index in [1.54, 1.807) is 12.1 Å². The molecule has 0 aliphatic carbocycles. The Hall–Kier alpha value is -5.12. The molecule has 4 aromatic rings. The van der Waals surface area contributed by atoms with Gasteiger partial charge in [-0.1, -0.05) is 18.6 Å². The molecule has 15 heteroatoms. The summed E-state index contributed by atoms with van der Waals surface area (Å²) in [6.45, 7) is 4.88. The number of carboxylic acid groups (broad SMARTS) is 3. The second kappa shape index (κ2) is 17.0. The number of ether oxygens (including phenoxy) is 3. The Kier molecular flexibility index (Phi) is 12.8. The van der Waals surface area contributed by atoms with Crippen molar-refractivity contribution in [2.24, 2.45) is 0 Å². The van der Waals surface area contributed by atoms with Crippen LogP contribution in [-0.2, 0) is 19.2 Å². The van der Waals surface area contributed by atoms with E-state index in [-0.39, 0.29) is 5.56 Å². The second-order valence-electron chi connectivity index (χ2n) is 11.4. The van der Waals surface area contributed by atoms with E-state index < -0.39 is 59.7 Å². The SMILES string of the molecule is CC(=O)Oc1c(F)ccc(-c2sc3ccccc3c2Oc2ccc(OCCN3CCCCC3)cc2)c1F.O=C(O)CC(O)(CC(=O)O)C(=O)O. The third-order valence-corrected chi connectivity index (χ3v) is 8.73. The molecule has 0 amide bonds. The van der Waals surface area contributed by atoms with Gasteiger partial charge in [-0.15, -0.1) is 11.3 Å². The number of esters is 1. The van der Waals surface area contributed by atoms with Crippen LogP contribution < -0.4 is 14.2 Å². The number of hydrogen-bond acceptors (Lipinski definition) is 10. The number of hydrogen-bond donors (Lipinski definition) is 4. The van der Waals surface area contributed by atoms with E-state index >= 15 is 4.39 Å². The first-order valence-electron chi connectivity index (χ1n) is 15.5. The zero-order valence-electron chi connectivity index (χ0n) is 26.9. The van der Waals surface area contributed by atoms with E-state index in [2.05, 4.69) is 4.90 Å². The van der Waals surface area contributed by atoms with Crippen molar-refractivity contribution < 1.29 is 62.6 Å². The summed E-state index contributed by atoms with van der Waals surface area (Å²) < 4.78 is 47.4. The minimum absolute atomic E-state index is 0.0894. The number of carboxylic acids is 3. The molecule has 1 aliphatic heterocycles. The fraction of sp³-hybridized carbons (Fsp3) is 0.314. The molecule has 0 saturated carbocycles. The van der Waals surface area contributed by atoms with Crippen LogP contribution in [0, 0.1) is 11.6 Å². The Morgan fingerprint density at radius 2 is 1.46 bits per heavy atom. The van der Waals surface area contributed by atoms with Crippen LogP contribution in [0.4, 0.5) is 8.78 Å². The van der Waals surface area contributed by atoms with Crippen LogP contribution in [0.3, 0.4) is 0 Å². The van der Waals surface area contributed by atoms with Crippen molar-refractivity contribution in [3.05, 3.63) is 72.3 Å². The number of carbonyl (C=O) groups excluding carboxylic acids is 1. The van der Waals surface area contributed by atoms with E-state index in [1.807, 2.05) is 36.4 Å². The smallest absolute Gasteiger partial charge is 0.336 e. The van der Waals surface area contributed by atoms with Crippen LogP contribution in [-0.4, -0.2) is 81.0 Å². The molecule has 0 unspecified atom stereocenters. The fourth-order valence-electron chi connectivity index (χ4n) is 5.16. The van der Waals surface area contributed by atoms with Crippen LogP contribution in [0.1, 0.15) is 39.0 Å². The lowest BCUT2D eigenvalue weighted by atomic mass is 9.96. The number of thiophene rings is 1. The minimum atomic E-state index is -2.74. The van der Waals surface area contributed by atoms with Crippen molar-refractivity contribution in [2.75, 3.05) is 26.2 Å². The Balaban J connectivity index is 0.000000369. The van der Waals surface area contributed by atoms with Crippen LogP contribution in [0.25, 0.3) is 20.5 Å². The first-order valence-corrected chi connectivity index (χ1v) is 16.3. The Morgan fingerprint density at radius 1 is 0.840 bits per heavy atom. The molecular weight excluding hydrogens is 680 g/mol. The molecule has 0 spiro atoms. The predicted molar refractivity (Wildman–Crippen MR) is 178 cm³/mol. The lowest BCUT2D eigenvalue weighted by Crippen LogP contribution is -2.42. The van der Waals surface area contributed by atoms with Gasteiger partial charge in [0.25, 0.3) is 0 Å². The minimum Gasteiger partial charge on any atom is -0.492 e. The number of benzene rings is 3. The predicted octanol–water partition coefficient (Wildman–Crippen LogP) is 6.18. The zero-order valence-corrected chi connectivity index (χ0v) is 27.7. The first-order chi connectivity index (χ1) is 23.8. The van der Waals surface area contributed by atoms with Gasteiger partial charge in [-0.3, -0.25) is 19.3 Å². The number of aliphatic carboxylic acids is 3. The highest BCUT2D eigenvalue weighted by molar-refractivity contribution is 7.22. The lowest BCUT2D eigenvalue weighted by molar-refractivity contribution is -0.170. The molecule has 1 aliphatic rings. The van der Waals surface area contributed by atoms with Crippen molar-refractivity contribution in [3.63, 3.8) is 0 Å². The highest BCUT2D eigenvalue weighted by atomic mass is 32.1. The number of nitrogens with zero attached hydrogens (tertiary/aromatic N) is 1. The highest BCUT2D eigenvalue weighted by Crippen LogP contribution is 2.48. The van der Waals surface area contributed by atoms with Gasteiger partial charge >= 0.3 is 23.9 Å². The second-order valence-corrected chi connectivity index (χ2v) is 12.4. The van der Waals surface area contributed by atoms with Gasteiger partial charge in [-0.2, -0.15) is 0 Å². The summed E-state index contributed by atoms with van der Waals surface area (Å²) in [4.78, 5) is 44.8. The topological polar surface area (TPSA) is 180 Å². The summed E-state index contributed by atoms with van der Waals surface area (Å²) >= 11 is 1.31. The third kappa shape index (κ3) is 9.96. The highest BCUT2D eigenvalue weighted by Gasteiger charge is 2.40. The number of carbonyl (C=O) groups is 4. The molecule has 0 radical (unpaired) electrons. The zero-order chi connectivity index (χ0) is 36.4. The molecule has 1 fully saturated rings. The summed E-state index contributed by atoms with van der Waals surface area (Å²) in [6, 6.07) is 17.3. The molecule has 4 N–H and O–H groups in total.